The second kappa shape index (κ2) is 8.19. The molecule has 0 atom stereocenters. The Bertz CT molecular complexity index is 1160. The Morgan fingerprint density at radius 3 is 2.45 bits per heavy atom. The molecule has 2 aromatic carbocycles. The quantitative estimate of drug-likeness (QED) is 0.650. The molecule has 3 heterocycles. The first-order valence-corrected chi connectivity index (χ1v) is 10.6. The highest BCUT2D eigenvalue weighted by molar-refractivity contribution is 5.93. The van der Waals surface area contributed by atoms with E-state index in [1.165, 1.54) is 17.0 Å². The summed E-state index contributed by atoms with van der Waals surface area (Å²) in [5, 5.41) is 13.3. The normalized spacial score (nSPS) is 17.7. The first-order valence-electron chi connectivity index (χ1n) is 10.6. The molecule has 0 radical (unpaired) electrons. The Morgan fingerprint density at radius 1 is 1.09 bits per heavy atom. The first-order chi connectivity index (χ1) is 16.0. The minimum Gasteiger partial charge on any atom is -0.465 e. The van der Waals surface area contributed by atoms with E-state index in [2.05, 4.69) is 10.1 Å². The molecule has 2 saturated heterocycles. The van der Waals surface area contributed by atoms with Crippen LogP contribution in [0, 0.1) is 5.82 Å². The lowest BCUT2D eigenvalue weighted by atomic mass is 9.85. The lowest BCUT2D eigenvalue weighted by Gasteiger charge is -2.42. The lowest BCUT2D eigenvalue weighted by Crippen LogP contribution is -2.57. The van der Waals surface area contributed by atoms with E-state index in [4.69, 9.17) is 4.52 Å². The van der Waals surface area contributed by atoms with Crippen LogP contribution in [-0.2, 0) is 11.3 Å². The summed E-state index contributed by atoms with van der Waals surface area (Å²) in [4.78, 5) is 34.5. The van der Waals surface area contributed by atoms with Crippen LogP contribution in [0.3, 0.4) is 0 Å². The molecule has 1 spiro atoms. The molecule has 9 nitrogen and oxygen atoms in total. The molecule has 0 saturated carbocycles. The van der Waals surface area contributed by atoms with Gasteiger partial charge in [-0.25, -0.2) is 9.18 Å². The van der Waals surface area contributed by atoms with Crippen molar-refractivity contribution in [3.05, 3.63) is 66.3 Å². The number of likely N-dealkylation sites (tertiary alicyclic amines) is 1. The maximum absolute atomic E-state index is 13.6. The van der Waals surface area contributed by atoms with Gasteiger partial charge in [0, 0.05) is 24.3 Å². The molecule has 1 N–H and O–H groups in total. The number of anilines is 1. The summed E-state index contributed by atoms with van der Waals surface area (Å²) < 4.78 is 18.6. The Labute approximate surface area is 189 Å². The van der Waals surface area contributed by atoms with Crippen molar-refractivity contribution in [2.75, 3.05) is 24.7 Å². The van der Waals surface area contributed by atoms with Crippen LogP contribution in [-0.4, -0.2) is 62.3 Å². The van der Waals surface area contributed by atoms with Crippen molar-refractivity contribution in [3.63, 3.8) is 0 Å². The molecule has 33 heavy (non-hydrogen) atoms. The Morgan fingerprint density at radius 2 is 1.79 bits per heavy atom. The number of para-hydroxylation sites is 1. The van der Waals surface area contributed by atoms with E-state index in [-0.39, 0.29) is 37.2 Å². The maximum atomic E-state index is 13.6. The Kier molecular flexibility index (Phi) is 5.20. The molecule has 5 rings (SSSR count). The summed E-state index contributed by atoms with van der Waals surface area (Å²) in [5.74, 6) is 0.153. The largest absolute Gasteiger partial charge is 0.465 e. The zero-order valence-electron chi connectivity index (χ0n) is 17.7. The molecule has 3 aromatic rings. The number of nitrogens with zero attached hydrogens (tertiary/aromatic N) is 5. The van der Waals surface area contributed by atoms with Gasteiger partial charge in [-0.3, -0.25) is 4.79 Å². The number of aromatic nitrogens is 2. The van der Waals surface area contributed by atoms with Crippen molar-refractivity contribution < 1.29 is 23.6 Å². The van der Waals surface area contributed by atoms with E-state index in [0.29, 0.717) is 30.9 Å². The average molecular weight is 451 g/mol. The summed E-state index contributed by atoms with van der Waals surface area (Å²) in [6.07, 6.45) is -0.180. The van der Waals surface area contributed by atoms with Gasteiger partial charge in [0.25, 0.3) is 5.91 Å². The van der Waals surface area contributed by atoms with E-state index in [1.54, 1.807) is 17.0 Å². The number of carbonyl (C=O) groups excluding carboxylic acids is 1. The highest BCUT2D eigenvalue weighted by atomic mass is 19.1. The molecule has 2 aliphatic heterocycles. The smallest absolute Gasteiger partial charge is 0.407 e. The van der Waals surface area contributed by atoms with E-state index in [0.717, 1.165) is 5.69 Å². The van der Waals surface area contributed by atoms with Crippen molar-refractivity contribution >= 4 is 17.7 Å². The van der Waals surface area contributed by atoms with Crippen molar-refractivity contribution in [2.45, 2.75) is 24.9 Å². The molecule has 0 unspecified atom stereocenters. The topological polar surface area (TPSA) is 103 Å². The zero-order valence-corrected chi connectivity index (χ0v) is 17.7. The number of piperidine rings is 1. The third kappa shape index (κ3) is 3.77. The van der Waals surface area contributed by atoms with Gasteiger partial charge in [-0.05, 0) is 49.2 Å². The summed E-state index contributed by atoms with van der Waals surface area (Å²) >= 11 is 0. The number of amides is 2. The number of rotatable bonds is 4. The number of carboxylic acid groups (broad SMARTS) is 1. The molecule has 2 aliphatic rings. The summed E-state index contributed by atoms with van der Waals surface area (Å²) in [7, 11) is 0. The van der Waals surface area contributed by atoms with Gasteiger partial charge in [0.1, 0.15) is 17.9 Å². The van der Waals surface area contributed by atoms with Crippen molar-refractivity contribution in [1.82, 2.24) is 19.9 Å². The summed E-state index contributed by atoms with van der Waals surface area (Å²) in [6.45, 7) is 1.02. The SMILES string of the molecule is O=C(O)N1CCC2(CC1)C(=O)N(Cc1nc(-c3ccc(F)cc3)no1)CN2c1ccccc1. The first kappa shape index (κ1) is 20.9. The fourth-order valence-corrected chi connectivity index (χ4v) is 4.59. The van der Waals surface area contributed by atoms with Crippen molar-refractivity contribution in [1.29, 1.82) is 0 Å². The van der Waals surface area contributed by atoms with E-state index in [1.807, 2.05) is 35.2 Å². The van der Waals surface area contributed by atoms with Crippen LogP contribution in [0.15, 0.2) is 59.1 Å². The molecule has 10 heteroatoms. The molecule has 170 valence electrons. The minimum atomic E-state index is -0.974. The number of carbonyl (C=O) groups is 2. The maximum Gasteiger partial charge on any atom is 0.407 e. The number of hydrogen-bond acceptors (Lipinski definition) is 6. The van der Waals surface area contributed by atoms with Crippen molar-refractivity contribution in [2.24, 2.45) is 0 Å². The van der Waals surface area contributed by atoms with Gasteiger partial charge in [-0.2, -0.15) is 4.98 Å². The molecule has 2 amide bonds. The van der Waals surface area contributed by atoms with Crippen LogP contribution in [0.4, 0.5) is 14.9 Å². The van der Waals surface area contributed by atoms with Crippen molar-refractivity contribution in [3.8, 4) is 11.4 Å². The number of halogens is 1. The molecular weight excluding hydrogens is 429 g/mol. The standard InChI is InChI=1S/C23H22FN5O4/c24-17-8-6-16(7-9-17)20-25-19(33-26-20)14-28-15-29(18-4-2-1-3-5-18)23(21(28)30)10-12-27(13-11-23)22(31)32/h1-9H,10-15H2,(H,31,32). The monoisotopic (exact) mass is 451 g/mol. The highest BCUT2D eigenvalue weighted by Gasteiger charge is 2.54. The molecule has 0 aliphatic carbocycles. The van der Waals surface area contributed by atoms with Gasteiger partial charge in [0.05, 0.1) is 6.67 Å². The van der Waals surface area contributed by atoms with Gasteiger partial charge in [-0.1, -0.05) is 23.4 Å². The predicted octanol–water partition coefficient (Wildman–Crippen LogP) is 3.19. The summed E-state index contributed by atoms with van der Waals surface area (Å²) in [6, 6.07) is 15.4. The Hall–Kier alpha value is -3.95. The van der Waals surface area contributed by atoms with Gasteiger partial charge < -0.3 is 24.3 Å². The predicted molar refractivity (Wildman–Crippen MR) is 116 cm³/mol. The fourth-order valence-electron chi connectivity index (χ4n) is 4.59. The van der Waals surface area contributed by atoms with Gasteiger partial charge in [0.2, 0.25) is 11.7 Å². The number of hydrogen-bond donors (Lipinski definition) is 1. The van der Waals surface area contributed by atoms with E-state index in [9.17, 15) is 19.1 Å². The van der Waals surface area contributed by atoms with Crippen LogP contribution in [0.5, 0.6) is 0 Å². The Balaban J connectivity index is 1.40. The van der Waals surface area contributed by atoms with Crippen LogP contribution in [0.25, 0.3) is 11.4 Å². The second-order valence-corrected chi connectivity index (χ2v) is 8.23. The molecular formula is C23H22FN5O4. The van der Waals surface area contributed by atoms with Gasteiger partial charge in [-0.15, -0.1) is 0 Å². The number of benzene rings is 2. The molecule has 2 fully saturated rings. The summed E-state index contributed by atoms with van der Waals surface area (Å²) in [5.41, 5.74) is 0.685. The minimum absolute atomic E-state index is 0.0853. The zero-order chi connectivity index (χ0) is 23.0. The fraction of sp³-hybridized carbons (Fsp3) is 0.304. The van der Waals surface area contributed by atoms with E-state index >= 15 is 0 Å². The third-order valence-corrected chi connectivity index (χ3v) is 6.34. The van der Waals surface area contributed by atoms with Gasteiger partial charge in [0.15, 0.2) is 0 Å². The highest BCUT2D eigenvalue weighted by Crippen LogP contribution is 2.40. The third-order valence-electron chi connectivity index (χ3n) is 6.34. The average Bonchev–Trinajstić information content (AvgIpc) is 3.40. The van der Waals surface area contributed by atoms with Crippen LogP contribution >= 0.6 is 0 Å². The van der Waals surface area contributed by atoms with Crippen LogP contribution in [0.2, 0.25) is 0 Å². The van der Waals surface area contributed by atoms with E-state index < -0.39 is 11.6 Å². The lowest BCUT2D eigenvalue weighted by molar-refractivity contribution is -0.134. The van der Waals surface area contributed by atoms with Crippen LogP contribution < -0.4 is 4.90 Å². The van der Waals surface area contributed by atoms with Crippen LogP contribution in [0.1, 0.15) is 18.7 Å². The second-order valence-electron chi connectivity index (χ2n) is 8.23. The molecule has 1 aromatic heterocycles. The van der Waals surface area contributed by atoms with Gasteiger partial charge >= 0.3 is 6.09 Å². The molecule has 0 bridgehead atoms.